The van der Waals surface area contributed by atoms with Crippen molar-refractivity contribution in [2.45, 2.75) is 11.7 Å². The molecule has 5 nitrogen and oxygen atoms in total. The molecule has 0 radical (unpaired) electrons. The van der Waals surface area contributed by atoms with Crippen LogP contribution in [0.5, 0.6) is 0 Å². The molecule has 1 heterocycles. The first-order chi connectivity index (χ1) is 16.1. The molecule has 1 N–H and O–H groups in total. The Labute approximate surface area is 206 Å². The fourth-order valence-electron chi connectivity index (χ4n) is 3.16. The number of nitrogens with one attached hydrogen (secondary N) is 1. The van der Waals surface area contributed by atoms with Gasteiger partial charge in [-0.15, -0.1) is 0 Å². The summed E-state index contributed by atoms with van der Waals surface area (Å²) in [6.45, 7) is 0.625. The molecule has 8 heteroatoms. The van der Waals surface area contributed by atoms with Gasteiger partial charge in [-0.05, 0) is 41.5 Å². The normalized spacial score (nSPS) is 11.9. The second kappa shape index (κ2) is 11.2. The molecule has 0 spiro atoms. The van der Waals surface area contributed by atoms with Crippen molar-refractivity contribution in [2.24, 2.45) is 5.10 Å². The van der Waals surface area contributed by atoms with E-state index in [1.165, 1.54) is 18.0 Å². The highest BCUT2D eigenvalue weighted by Gasteiger charge is 2.13. The molecule has 4 rings (SSSR count). The summed E-state index contributed by atoms with van der Waals surface area (Å²) in [4.78, 5) is 17.0. The number of halogens is 2. The second-order valence-electron chi connectivity index (χ2n) is 7.12. The van der Waals surface area contributed by atoms with Gasteiger partial charge < -0.3 is 4.57 Å². The predicted molar refractivity (Wildman–Crippen MR) is 138 cm³/mol. The van der Waals surface area contributed by atoms with Crippen LogP contribution in [0.15, 0.2) is 94.2 Å². The molecule has 0 aliphatic rings. The van der Waals surface area contributed by atoms with Crippen LogP contribution >= 0.6 is 35.0 Å². The minimum absolute atomic E-state index is 0.168. The van der Waals surface area contributed by atoms with Gasteiger partial charge in [0, 0.05) is 5.02 Å². The number of allylic oxidation sites excluding steroid dienone is 1. The number of thioether (sulfide) groups is 1. The molecular formula is C25H20Cl2N4OS. The fraction of sp³-hybridized carbons (Fsp3) is 0.0800. The number of amides is 1. The highest BCUT2D eigenvalue weighted by molar-refractivity contribution is 7.99. The Hall–Kier alpha value is -3.06. The van der Waals surface area contributed by atoms with Gasteiger partial charge in [-0.2, -0.15) is 5.10 Å². The van der Waals surface area contributed by atoms with Crippen LogP contribution in [0.25, 0.3) is 17.1 Å². The molecule has 0 atom stereocenters. The number of fused-ring (bicyclic) bond motifs is 1. The van der Waals surface area contributed by atoms with Gasteiger partial charge in [-0.1, -0.05) is 89.6 Å². The third kappa shape index (κ3) is 6.48. The van der Waals surface area contributed by atoms with Gasteiger partial charge in [0.25, 0.3) is 5.91 Å². The number of benzene rings is 3. The van der Waals surface area contributed by atoms with Crippen LogP contribution in [-0.2, 0) is 11.3 Å². The lowest BCUT2D eigenvalue weighted by molar-refractivity contribution is -0.118. The molecule has 3 aromatic carbocycles. The molecule has 0 saturated carbocycles. The van der Waals surface area contributed by atoms with E-state index in [2.05, 4.69) is 15.1 Å². The molecular weight excluding hydrogens is 475 g/mol. The van der Waals surface area contributed by atoms with E-state index in [1.807, 2.05) is 78.9 Å². The van der Waals surface area contributed by atoms with Gasteiger partial charge in [0.1, 0.15) is 0 Å². The quantitative estimate of drug-likeness (QED) is 0.180. The van der Waals surface area contributed by atoms with Crippen LogP contribution in [0.2, 0.25) is 5.02 Å². The van der Waals surface area contributed by atoms with E-state index in [0.717, 1.165) is 27.3 Å². The fourth-order valence-corrected chi connectivity index (χ4v) is 4.27. The average Bonchev–Trinajstić information content (AvgIpc) is 3.17. The van der Waals surface area contributed by atoms with E-state index in [-0.39, 0.29) is 11.7 Å². The van der Waals surface area contributed by atoms with Gasteiger partial charge >= 0.3 is 0 Å². The first-order valence-corrected chi connectivity index (χ1v) is 11.9. The third-order valence-electron chi connectivity index (χ3n) is 4.69. The summed E-state index contributed by atoms with van der Waals surface area (Å²) in [6, 6.07) is 25.3. The monoisotopic (exact) mass is 494 g/mol. The van der Waals surface area contributed by atoms with Crippen molar-refractivity contribution in [3.8, 4) is 0 Å². The third-order valence-corrected chi connectivity index (χ3v) is 6.12. The van der Waals surface area contributed by atoms with Gasteiger partial charge in [0.15, 0.2) is 5.16 Å². The predicted octanol–water partition coefficient (Wildman–Crippen LogP) is 6.21. The summed E-state index contributed by atoms with van der Waals surface area (Å²) < 4.78 is 2.10. The van der Waals surface area contributed by atoms with Crippen molar-refractivity contribution in [2.75, 3.05) is 5.75 Å². The van der Waals surface area contributed by atoms with E-state index < -0.39 is 0 Å². The molecule has 166 valence electrons. The van der Waals surface area contributed by atoms with Crippen LogP contribution in [0.3, 0.4) is 0 Å². The highest BCUT2D eigenvalue weighted by atomic mass is 35.5. The number of rotatable bonds is 8. The SMILES string of the molecule is O=C(CSc1nc2ccccc2n1Cc1ccc(Cl)cc1)NN=CC(Cl)=Cc1ccccc1. The maximum absolute atomic E-state index is 12.3. The Bertz CT molecular complexity index is 1300. The lowest BCUT2D eigenvalue weighted by atomic mass is 10.2. The van der Waals surface area contributed by atoms with E-state index >= 15 is 0 Å². The molecule has 0 bridgehead atoms. The molecule has 0 aliphatic carbocycles. The van der Waals surface area contributed by atoms with E-state index in [1.54, 1.807) is 6.08 Å². The van der Waals surface area contributed by atoms with Crippen molar-refractivity contribution in [1.29, 1.82) is 0 Å². The number of carbonyl (C=O) groups excluding carboxylic acids is 1. The number of imidazole rings is 1. The van der Waals surface area contributed by atoms with E-state index in [4.69, 9.17) is 28.2 Å². The number of hydrogen-bond acceptors (Lipinski definition) is 4. The number of hydrogen-bond donors (Lipinski definition) is 1. The Kier molecular flexibility index (Phi) is 7.83. The maximum Gasteiger partial charge on any atom is 0.250 e. The van der Waals surface area contributed by atoms with E-state index in [9.17, 15) is 4.79 Å². The van der Waals surface area contributed by atoms with Crippen LogP contribution in [0.1, 0.15) is 11.1 Å². The smallest absolute Gasteiger partial charge is 0.250 e. The zero-order valence-electron chi connectivity index (χ0n) is 17.5. The molecule has 4 aromatic rings. The van der Waals surface area contributed by atoms with Crippen LogP contribution in [-0.4, -0.2) is 27.4 Å². The Morgan fingerprint density at radius 2 is 1.76 bits per heavy atom. The number of aromatic nitrogens is 2. The number of para-hydroxylation sites is 2. The minimum Gasteiger partial charge on any atom is -0.314 e. The standard InChI is InChI=1S/C25H20Cl2N4OS/c26-20-12-10-19(11-13-20)16-31-23-9-5-4-8-22(23)29-25(31)33-17-24(32)30-28-15-21(27)14-18-6-2-1-3-7-18/h1-15H,16-17H2,(H,30,32). The van der Waals surface area contributed by atoms with Crippen molar-refractivity contribution in [1.82, 2.24) is 15.0 Å². The second-order valence-corrected chi connectivity index (χ2v) is 8.93. The molecule has 0 fully saturated rings. The number of nitrogens with zero attached hydrogens (tertiary/aromatic N) is 3. The summed E-state index contributed by atoms with van der Waals surface area (Å²) in [5.41, 5.74) is 6.45. The molecule has 0 aliphatic heterocycles. The van der Waals surface area contributed by atoms with Crippen LogP contribution in [0.4, 0.5) is 0 Å². The highest BCUT2D eigenvalue weighted by Crippen LogP contribution is 2.25. The molecule has 1 amide bonds. The molecule has 1 aromatic heterocycles. The largest absolute Gasteiger partial charge is 0.314 e. The molecule has 33 heavy (non-hydrogen) atoms. The first-order valence-electron chi connectivity index (χ1n) is 10.1. The number of carbonyl (C=O) groups is 1. The van der Waals surface area contributed by atoms with Crippen molar-refractivity contribution >= 4 is 64.2 Å². The van der Waals surface area contributed by atoms with Gasteiger partial charge in [0.2, 0.25) is 0 Å². The lowest BCUT2D eigenvalue weighted by Crippen LogP contribution is -2.20. The van der Waals surface area contributed by atoms with Gasteiger partial charge in [-0.25, -0.2) is 10.4 Å². The minimum atomic E-state index is -0.245. The van der Waals surface area contributed by atoms with Gasteiger partial charge in [-0.3, -0.25) is 4.79 Å². The maximum atomic E-state index is 12.3. The molecule has 0 saturated heterocycles. The van der Waals surface area contributed by atoms with Gasteiger partial charge in [0.05, 0.1) is 34.6 Å². The van der Waals surface area contributed by atoms with Crippen molar-refractivity contribution in [3.05, 3.63) is 100 Å². The Balaban J connectivity index is 1.40. The topological polar surface area (TPSA) is 59.3 Å². The Morgan fingerprint density at radius 1 is 1.03 bits per heavy atom. The summed E-state index contributed by atoms with van der Waals surface area (Å²) in [6.07, 6.45) is 3.18. The van der Waals surface area contributed by atoms with Crippen molar-refractivity contribution in [3.63, 3.8) is 0 Å². The van der Waals surface area contributed by atoms with Crippen LogP contribution < -0.4 is 5.43 Å². The lowest BCUT2D eigenvalue weighted by Gasteiger charge is -2.09. The number of hydrazone groups is 1. The zero-order valence-corrected chi connectivity index (χ0v) is 19.8. The average molecular weight is 495 g/mol. The molecule has 0 unspecified atom stereocenters. The summed E-state index contributed by atoms with van der Waals surface area (Å²) >= 11 is 13.5. The summed E-state index contributed by atoms with van der Waals surface area (Å²) in [5.74, 6) is -0.0769. The zero-order chi connectivity index (χ0) is 23.0. The summed E-state index contributed by atoms with van der Waals surface area (Å²) in [7, 11) is 0. The Morgan fingerprint density at radius 3 is 2.55 bits per heavy atom. The van der Waals surface area contributed by atoms with Crippen LogP contribution in [0, 0.1) is 0 Å². The first kappa shape index (κ1) is 23.1. The van der Waals surface area contributed by atoms with Crippen molar-refractivity contribution < 1.29 is 4.79 Å². The summed E-state index contributed by atoms with van der Waals surface area (Å²) in [5, 5.41) is 5.81. The van der Waals surface area contributed by atoms with E-state index in [0.29, 0.717) is 16.6 Å².